The average molecular weight is 660 g/mol. The third kappa shape index (κ3) is 6.68. The maximum absolute atomic E-state index is 10.8. The monoisotopic (exact) mass is 660 g/mol. The van der Waals surface area contributed by atoms with Crippen molar-refractivity contribution in [2.24, 2.45) is 9.98 Å². The van der Waals surface area contributed by atoms with Gasteiger partial charge in [-0.15, -0.1) is 0 Å². The number of phenols is 2. The Morgan fingerprint density at radius 1 is 0.688 bits per heavy atom. The van der Waals surface area contributed by atoms with Crippen molar-refractivity contribution in [2.75, 3.05) is 13.1 Å². The van der Waals surface area contributed by atoms with Gasteiger partial charge in [0.15, 0.2) is 0 Å². The zero-order valence-electron chi connectivity index (χ0n) is 20.3. The number of rotatable bonds is 5. The Morgan fingerprint density at radius 2 is 1.00 bits per heavy atom. The predicted octanol–water partition coefficient (Wildman–Crippen LogP) is 7.22. The van der Waals surface area contributed by atoms with Gasteiger partial charge in [-0.3, -0.25) is 9.98 Å². The highest BCUT2D eigenvalue weighted by molar-refractivity contribution is 14.1. The Morgan fingerprint density at radius 3 is 1.28 bits per heavy atom. The van der Waals surface area contributed by atoms with Crippen molar-refractivity contribution in [3.8, 4) is 11.5 Å². The van der Waals surface area contributed by atoms with Crippen LogP contribution in [0.5, 0.6) is 11.5 Å². The molecule has 0 aliphatic carbocycles. The normalized spacial score (nSPS) is 13.6. The Balaban J connectivity index is 2.25. The van der Waals surface area contributed by atoms with Gasteiger partial charge in [0.1, 0.15) is 11.5 Å². The van der Waals surface area contributed by atoms with Crippen molar-refractivity contribution >= 4 is 56.6 Å². The van der Waals surface area contributed by atoms with Crippen LogP contribution in [0.3, 0.4) is 0 Å². The minimum atomic E-state index is -0.150. The molecular formula is C26H34I2N2O2. The fourth-order valence-electron chi connectivity index (χ4n) is 3.50. The number of benzene rings is 2. The number of hydrogen-bond acceptors (Lipinski definition) is 4. The van der Waals surface area contributed by atoms with E-state index in [1.807, 2.05) is 38.1 Å². The summed E-state index contributed by atoms with van der Waals surface area (Å²) in [5.74, 6) is 0.606. The van der Waals surface area contributed by atoms with E-state index < -0.39 is 0 Å². The molecule has 0 spiro atoms. The van der Waals surface area contributed by atoms with Crippen molar-refractivity contribution in [2.45, 2.75) is 66.2 Å². The van der Waals surface area contributed by atoms with Crippen molar-refractivity contribution < 1.29 is 10.2 Å². The number of aliphatic imine (C=N–C) groups is 2. The summed E-state index contributed by atoms with van der Waals surface area (Å²) in [6, 6.07) is 7.99. The summed E-state index contributed by atoms with van der Waals surface area (Å²) < 4.78 is 2.15. The first kappa shape index (κ1) is 27.1. The molecule has 32 heavy (non-hydrogen) atoms. The molecule has 2 N–H and O–H groups in total. The Labute approximate surface area is 220 Å². The fraction of sp³-hybridized carbons (Fsp3) is 0.462. The molecule has 0 aromatic heterocycles. The van der Waals surface area contributed by atoms with E-state index in [0.717, 1.165) is 40.8 Å². The van der Waals surface area contributed by atoms with Crippen LogP contribution in [0, 0.1) is 7.14 Å². The van der Waals surface area contributed by atoms with E-state index in [1.54, 1.807) is 0 Å². The summed E-state index contributed by atoms with van der Waals surface area (Å²) in [5.41, 5.74) is 4.68. The lowest BCUT2D eigenvalue weighted by atomic mass is 9.85. The first-order valence-corrected chi connectivity index (χ1v) is 12.9. The van der Waals surface area contributed by atoms with Gasteiger partial charge in [-0.1, -0.05) is 41.5 Å². The summed E-state index contributed by atoms with van der Waals surface area (Å²) in [4.78, 5) is 9.33. The summed E-state index contributed by atoms with van der Waals surface area (Å²) in [6.45, 7) is 17.4. The first-order chi connectivity index (χ1) is 14.6. The number of nitrogens with zero attached hydrogens (tertiary/aromatic N) is 2. The third-order valence-electron chi connectivity index (χ3n) is 5.34. The number of aromatic hydroxyl groups is 2. The lowest BCUT2D eigenvalue weighted by molar-refractivity contribution is 0.444. The SMILES string of the molecule is CC(=NCCN=C(C)c1cc(I)cc(C(C)(C)C)c1O)c1cc(I)cc(C(C)(C)C)c1O. The lowest BCUT2D eigenvalue weighted by Gasteiger charge is -2.22. The van der Waals surface area contributed by atoms with Crippen LogP contribution in [0.25, 0.3) is 0 Å². The zero-order chi connectivity index (χ0) is 24.4. The van der Waals surface area contributed by atoms with Gasteiger partial charge in [0.25, 0.3) is 0 Å². The highest BCUT2D eigenvalue weighted by Crippen LogP contribution is 2.36. The van der Waals surface area contributed by atoms with Crippen LogP contribution >= 0.6 is 45.2 Å². The van der Waals surface area contributed by atoms with E-state index in [2.05, 4.69) is 96.7 Å². The van der Waals surface area contributed by atoms with Crippen LogP contribution in [-0.4, -0.2) is 34.7 Å². The topological polar surface area (TPSA) is 65.2 Å². The van der Waals surface area contributed by atoms with Crippen molar-refractivity contribution in [1.82, 2.24) is 0 Å². The molecule has 0 unspecified atom stereocenters. The Bertz CT molecular complexity index is 973. The van der Waals surface area contributed by atoms with Crippen molar-refractivity contribution in [3.05, 3.63) is 53.7 Å². The molecule has 2 aromatic carbocycles. The molecule has 0 saturated carbocycles. The molecule has 0 saturated heterocycles. The molecular weight excluding hydrogens is 626 g/mol. The lowest BCUT2D eigenvalue weighted by Crippen LogP contribution is -2.14. The summed E-state index contributed by atoms with van der Waals surface area (Å²) in [6.07, 6.45) is 0. The van der Waals surface area contributed by atoms with E-state index in [9.17, 15) is 10.2 Å². The zero-order valence-corrected chi connectivity index (χ0v) is 24.6. The smallest absolute Gasteiger partial charge is 0.128 e. The van der Waals surface area contributed by atoms with Gasteiger partial charge in [-0.25, -0.2) is 0 Å². The van der Waals surface area contributed by atoms with Gasteiger partial charge in [0.2, 0.25) is 0 Å². The van der Waals surface area contributed by atoms with E-state index in [-0.39, 0.29) is 10.8 Å². The van der Waals surface area contributed by atoms with Gasteiger partial charge in [-0.05, 0) is 94.1 Å². The molecule has 2 rings (SSSR count). The molecule has 0 aliphatic heterocycles. The molecule has 2 aromatic rings. The first-order valence-electron chi connectivity index (χ1n) is 10.7. The summed E-state index contributed by atoms with van der Waals surface area (Å²) in [7, 11) is 0. The second kappa shape index (κ2) is 10.4. The molecule has 0 aliphatic rings. The molecule has 0 fully saturated rings. The van der Waals surface area contributed by atoms with Gasteiger partial charge in [-0.2, -0.15) is 0 Å². The molecule has 0 amide bonds. The van der Waals surface area contributed by atoms with Crippen LogP contribution in [-0.2, 0) is 10.8 Å². The molecule has 174 valence electrons. The second-order valence-electron chi connectivity index (χ2n) is 10.1. The number of hydrogen-bond donors (Lipinski definition) is 2. The molecule has 4 nitrogen and oxygen atoms in total. The maximum Gasteiger partial charge on any atom is 0.128 e. The van der Waals surface area contributed by atoms with E-state index in [1.165, 1.54) is 0 Å². The van der Waals surface area contributed by atoms with Crippen LogP contribution in [0.1, 0.15) is 77.6 Å². The fourth-order valence-corrected chi connectivity index (χ4v) is 4.74. The van der Waals surface area contributed by atoms with Crippen LogP contribution in [0.15, 0.2) is 34.3 Å². The van der Waals surface area contributed by atoms with Crippen molar-refractivity contribution in [1.29, 1.82) is 0 Å². The standard InChI is InChI=1S/C26H34I2N2O2/c1-15(19-11-17(27)13-21(23(19)31)25(3,4)5)29-9-10-30-16(2)20-12-18(28)14-22(24(20)32)26(6,7)8/h11-14,31-32H,9-10H2,1-8H3. The minimum absolute atomic E-state index is 0.150. The van der Waals surface area contributed by atoms with Crippen LogP contribution in [0.2, 0.25) is 0 Å². The predicted molar refractivity (Wildman–Crippen MR) is 153 cm³/mol. The number of halogens is 2. The largest absolute Gasteiger partial charge is 0.507 e. The molecule has 0 radical (unpaired) electrons. The summed E-state index contributed by atoms with van der Waals surface area (Å²) in [5, 5.41) is 21.6. The second-order valence-corrected chi connectivity index (χ2v) is 12.6. The highest BCUT2D eigenvalue weighted by Gasteiger charge is 2.23. The molecule has 6 heteroatoms. The van der Waals surface area contributed by atoms with Gasteiger partial charge in [0.05, 0.1) is 13.1 Å². The Hall–Kier alpha value is -1.16. The number of phenolic OH excluding ortho intramolecular Hbond substituents is 2. The van der Waals surface area contributed by atoms with E-state index in [4.69, 9.17) is 0 Å². The summed E-state index contributed by atoms with van der Waals surface area (Å²) >= 11 is 4.57. The highest BCUT2D eigenvalue weighted by atomic mass is 127. The van der Waals surface area contributed by atoms with Crippen LogP contribution < -0.4 is 0 Å². The van der Waals surface area contributed by atoms with E-state index >= 15 is 0 Å². The minimum Gasteiger partial charge on any atom is -0.507 e. The molecule has 0 atom stereocenters. The molecule has 0 heterocycles. The van der Waals surface area contributed by atoms with Crippen molar-refractivity contribution in [3.63, 3.8) is 0 Å². The van der Waals surface area contributed by atoms with Gasteiger partial charge in [0, 0.05) is 40.8 Å². The van der Waals surface area contributed by atoms with E-state index in [0.29, 0.717) is 24.6 Å². The maximum atomic E-state index is 10.8. The average Bonchev–Trinajstić information content (AvgIpc) is 2.66. The van der Waals surface area contributed by atoms with Crippen LogP contribution in [0.4, 0.5) is 0 Å². The third-order valence-corrected chi connectivity index (χ3v) is 6.59. The molecule has 0 bridgehead atoms. The Kier molecular flexibility index (Phi) is 8.81. The van der Waals surface area contributed by atoms with Gasteiger partial charge < -0.3 is 10.2 Å². The van der Waals surface area contributed by atoms with Gasteiger partial charge >= 0.3 is 0 Å². The quantitative estimate of drug-likeness (QED) is 0.202.